The first kappa shape index (κ1) is 23.4. The number of imidazole rings is 1. The summed E-state index contributed by atoms with van der Waals surface area (Å²) in [4.78, 5) is 20.8. The van der Waals surface area contributed by atoms with Gasteiger partial charge in [-0.25, -0.2) is 4.79 Å². The Kier molecular flexibility index (Phi) is 7.19. The van der Waals surface area contributed by atoms with Crippen LogP contribution in [-0.4, -0.2) is 44.8 Å². The van der Waals surface area contributed by atoms with Crippen molar-refractivity contribution in [3.63, 3.8) is 0 Å². The molecule has 7 nitrogen and oxygen atoms in total. The molecule has 2 aromatic rings. The molecular weight excluding hydrogens is 437 g/mol. The number of fused-ring (bicyclic) bond motifs is 1. The maximum atomic E-state index is 13.0. The summed E-state index contributed by atoms with van der Waals surface area (Å²) >= 11 is 12.1. The first-order valence-electron chi connectivity index (χ1n) is 10.5. The minimum absolute atomic E-state index is 0.161. The van der Waals surface area contributed by atoms with E-state index in [0.29, 0.717) is 40.5 Å². The maximum Gasteiger partial charge on any atom is 0.330 e. The predicted molar refractivity (Wildman–Crippen MR) is 127 cm³/mol. The molecule has 1 aliphatic carbocycles. The van der Waals surface area contributed by atoms with Gasteiger partial charge < -0.3 is 15.0 Å². The highest BCUT2D eigenvalue weighted by Crippen LogP contribution is 2.37. The van der Waals surface area contributed by atoms with Crippen molar-refractivity contribution in [2.45, 2.75) is 51.8 Å². The van der Waals surface area contributed by atoms with Crippen LogP contribution in [0.4, 0.5) is 16.6 Å². The second-order valence-corrected chi connectivity index (χ2v) is 8.41. The maximum absolute atomic E-state index is 13.0. The number of urea groups is 1. The Bertz CT molecular complexity index is 991. The van der Waals surface area contributed by atoms with Crippen LogP contribution in [0.2, 0.25) is 10.0 Å². The van der Waals surface area contributed by atoms with Crippen molar-refractivity contribution in [2.75, 3.05) is 17.3 Å². The number of hydrogen-bond donors (Lipinski definition) is 2. The Hall–Kier alpha value is -2.22. The molecule has 2 heterocycles. The van der Waals surface area contributed by atoms with E-state index in [4.69, 9.17) is 23.2 Å². The van der Waals surface area contributed by atoms with Gasteiger partial charge in [-0.2, -0.15) is 4.98 Å². The van der Waals surface area contributed by atoms with Crippen molar-refractivity contribution < 1.29 is 9.90 Å². The van der Waals surface area contributed by atoms with E-state index >= 15 is 0 Å². The van der Waals surface area contributed by atoms with E-state index in [1.54, 1.807) is 24.1 Å². The fourth-order valence-corrected chi connectivity index (χ4v) is 4.26. The summed E-state index contributed by atoms with van der Waals surface area (Å²) in [5.74, 6) is 1.22. The third-order valence-electron chi connectivity index (χ3n) is 5.57. The summed E-state index contributed by atoms with van der Waals surface area (Å²) in [6.45, 7) is 8.49. The van der Waals surface area contributed by atoms with Gasteiger partial charge in [-0.1, -0.05) is 49.7 Å². The van der Waals surface area contributed by atoms with Gasteiger partial charge >= 0.3 is 6.03 Å². The van der Waals surface area contributed by atoms with Crippen LogP contribution in [0.3, 0.4) is 0 Å². The lowest BCUT2D eigenvalue weighted by Crippen LogP contribution is -2.44. The third kappa shape index (κ3) is 4.54. The number of anilines is 2. The summed E-state index contributed by atoms with van der Waals surface area (Å²) in [6, 6.07) is 5.25. The fourth-order valence-electron chi connectivity index (χ4n) is 3.94. The molecule has 9 heteroatoms. The number of halogens is 2. The number of nitrogens with zero attached hydrogens (tertiary/aromatic N) is 4. The molecule has 31 heavy (non-hydrogen) atoms. The molecule has 0 saturated heterocycles. The number of aliphatic hydroxyl groups is 1. The Morgan fingerprint density at radius 1 is 1.23 bits per heavy atom. The minimum atomic E-state index is -0.275. The van der Waals surface area contributed by atoms with Gasteiger partial charge in [0.25, 0.3) is 0 Å². The van der Waals surface area contributed by atoms with Crippen LogP contribution in [0, 0.1) is 0 Å². The van der Waals surface area contributed by atoms with Crippen molar-refractivity contribution in [1.29, 1.82) is 0 Å². The number of amides is 2. The summed E-state index contributed by atoms with van der Waals surface area (Å²) in [5, 5.41) is 14.1. The van der Waals surface area contributed by atoms with Crippen molar-refractivity contribution in [3.8, 4) is 0 Å². The second-order valence-electron chi connectivity index (χ2n) is 7.60. The van der Waals surface area contributed by atoms with E-state index in [9.17, 15) is 9.90 Å². The van der Waals surface area contributed by atoms with Gasteiger partial charge in [-0.3, -0.25) is 9.80 Å². The summed E-state index contributed by atoms with van der Waals surface area (Å²) < 4.78 is 1.91. The van der Waals surface area contributed by atoms with Crippen molar-refractivity contribution >= 4 is 46.7 Å². The first-order chi connectivity index (χ1) is 14.8. The molecule has 1 aromatic carbocycles. The van der Waals surface area contributed by atoms with Crippen LogP contribution in [0.1, 0.15) is 44.4 Å². The average molecular weight is 466 g/mol. The smallest absolute Gasteiger partial charge is 0.330 e. The lowest BCUT2D eigenvalue weighted by molar-refractivity contribution is 0.182. The molecule has 2 atom stereocenters. The van der Waals surface area contributed by atoms with Crippen LogP contribution in [0.5, 0.6) is 0 Å². The lowest BCUT2D eigenvalue weighted by atomic mass is 10.1. The van der Waals surface area contributed by atoms with Crippen LogP contribution in [-0.2, 0) is 13.6 Å². The summed E-state index contributed by atoms with van der Waals surface area (Å²) in [5.41, 5.74) is 2.20. The number of aromatic nitrogens is 2. The monoisotopic (exact) mass is 465 g/mol. The molecule has 168 valence electrons. The van der Waals surface area contributed by atoms with Gasteiger partial charge in [0, 0.05) is 20.1 Å². The quantitative estimate of drug-likeness (QED) is 0.656. The molecule has 1 fully saturated rings. The van der Waals surface area contributed by atoms with Gasteiger partial charge in [0.05, 0.1) is 28.4 Å². The highest BCUT2D eigenvalue weighted by Gasteiger charge is 2.36. The van der Waals surface area contributed by atoms with Crippen LogP contribution in [0.15, 0.2) is 24.8 Å². The predicted octanol–water partition coefficient (Wildman–Crippen LogP) is 5.12. The molecule has 1 saturated carbocycles. The first-order valence-corrected chi connectivity index (χ1v) is 11.2. The molecule has 4 rings (SSSR count). The zero-order chi connectivity index (χ0) is 22.9. The highest BCUT2D eigenvalue weighted by molar-refractivity contribution is 6.42. The summed E-state index contributed by atoms with van der Waals surface area (Å²) in [6.07, 6.45) is 2.09. The zero-order valence-corrected chi connectivity index (χ0v) is 19.8. The number of rotatable bonds is 4. The molecule has 1 aliphatic heterocycles. The van der Waals surface area contributed by atoms with E-state index < -0.39 is 0 Å². The number of carbonyl (C=O) groups is 1. The minimum Gasteiger partial charge on any atom is -0.393 e. The number of benzene rings is 1. The zero-order valence-electron chi connectivity index (χ0n) is 18.3. The molecule has 2 unspecified atom stereocenters. The van der Waals surface area contributed by atoms with E-state index in [1.807, 2.05) is 31.5 Å². The second kappa shape index (κ2) is 9.51. The average Bonchev–Trinajstić information content (AvgIpc) is 3.31. The van der Waals surface area contributed by atoms with Crippen LogP contribution >= 0.6 is 23.2 Å². The van der Waals surface area contributed by atoms with E-state index in [2.05, 4.69) is 16.9 Å². The molecule has 2 aliphatic rings. The van der Waals surface area contributed by atoms with Gasteiger partial charge in [0.15, 0.2) is 5.82 Å². The number of nitrogens with one attached hydrogen (secondary N) is 1. The Morgan fingerprint density at radius 3 is 2.55 bits per heavy atom. The number of hydrogen-bond acceptors (Lipinski definition) is 4. The SMILES string of the molecule is C=C1c2c(nc(NC3CCC(O)C3)n2C)N(C)C(=O)N1Cc1ccc(Cl)c(Cl)c1.CC. The Balaban J connectivity index is 0.00000132. The van der Waals surface area contributed by atoms with E-state index in [-0.39, 0.29) is 18.2 Å². The fraction of sp³-hybridized carbons (Fsp3) is 0.455. The van der Waals surface area contributed by atoms with Crippen molar-refractivity contribution in [2.24, 2.45) is 7.05 Å². The number of aliphatic hydroxyl groups excluding tert-OH is 1. The largest absolute Gasteiger partial charge is 0.393 e. The molecular formula is C22H29Cl2N5O2. The van der Waals surface area contributed by atoms with Gasteiger partial charge in [0.1, 0.15) is 5.69 Å². The topological polar surface area (TPSA) is 73.6 Å². The normalized spacial score (nSPS) is 20.5. The molecule has 0 bridgehead atoms. The standard InChI is InChI=1S/C20H23Cl2N5O2.C2H6/c1-11-17-18(24-19(25(17)2)23-13-5-6-14(28)9-13)26(3)20(29)27(11)10-12-4-7-15(21)16(22)8-12;1-2/h4,7-8,13-14,28H,1,5-6,9-10H2,2-3H3,(H,23,24);1-2H3. The molecule has 1 aromatic heterocycles. The summed E-state index contributed by atoms with van der Waals surface area (Å²) in [7, 11) is 3.59. The van der Waals surface area contributed by atoms with Crippen LogP contribution < -0.4 is 10.2 Å². The molecule has 2 amide bonds. The van der Waals surface area contributed by atoms with Gasteiger partial charge in [0.2, 0.25) is 5.95 Å². The van der Waals surface area contributed by atoms with Gasteiger partial charge in [-0.05, 0) is 37.0 Å². The van der Waals surface area contributed by atoms with Crippen LogP contribution in [0.25, 0.3) is 5.70 Å². The highest BCUT2D eigenvalue weighted by atomic mass is 35.5. The third-order valence-corrected chi connectivity index (χ3v) is 6.31. The van der Waals surface area contributed by atoms with E-state index in [1.165, 1.54) is 4.90 Å². The lowest BCUT2D eigenvalue weighted by Gasteiger charge is -2.34. The van der Waals surface area contributed by atoms with Crippen molar-refractivity contribution in [3.05, 3.63) is 46.1 Å². The molecule has 0 spiro atoms. The number of carbonyl (C=O) groups excluding carboxylic acids is 1. The molecule has 2 N–H and O–H groups in total. The Labute approximate surface area is 193 Å². The molecule has 0 radical (unpaired) electrons. The van der Waals surface area contributed by atoms with E-state index in [0.717, 1.165) is 24.1 Å². The Morgan fingerprint density at radius 2 is 1.94 bits per heavy atom. The van der Waals surface area contributed by atoms with Gasteiger partial charge in [-0.15, -0.1) is 0 Å². The van der Waals surface area contributed by atoms with Crippen molar-refractivity contribution in [1.82, 2.24) is 14.5 Å².